The summed E-state index contributed by atoms with van der Waals surface area (Å²) in [5.41, 5.74) is 7.21. The summed E-state index contributed by atoms with van der Waals surface area (Å²) in [6, 6.07) is 6.19. The van der Waals surface area contributed by atoms with Gasteiger partial charge >= 0.3 is 5.88 Å². The van der Waals surface area contributed by atoms with Crippen LogP contribution in [0.5, 0.6) is 0 Å². The van der Waals surface area contributed by atoms with Crippen LogP contribution >= 0.6 is 0 Å². The van der Waals surface area contributed by atoms with E-state index in [2.05, 4.69) is 10.1 Å². The SMILES string of the molecule is Nc1onc(-c2ccc([N+](=O)[O-])o2)c1-c1cccnc1. The third-order valence-electron chi connectivity index (χ3n) is 2.67. The summed E-state index contributed by atoms with van der Waals surface area (Å²) in [7, 11) is 0. The Morgan fingerprint density at radius 3 is 2.80 bits per heavy atom. The summed E-state index contributed by atoms with van der Waals surface area (Å²) >= 11 is 0. The number of furan rings is 1. The summed E-state index contributed by atoms with van der Waals surface area (Å²) in [4.78, 5) is 14.0. The smallest absolute Gasteiger partial charge is 0.399 e. The van der Waals surface area contributed by atoms with Crippen LogP contribution < -0.4 is 5.73 Å². The molecule has 0 saturated heterocycles. The molecular weight excluding hydrogens is 264 g/mol. The van der Waals surface area contributed by atoms with Crippen molar-refractivity contribution < 1.29 is 13.9 Å². The Labute approximate surface area is 112 Å². The standard InChI is InChI=1S/C12H8N4O4/c13-12-10(7-2-1-5-14-6-7)11(15-20-12)8-3-4-9(19-8)16(17)18/h1-6H,13H2. The molecule has 100 valence electrons. The Hall–Kier alpha value is -3.16. The van der Waals surface area contributed by atoms with Crippen LogP contribution in [0.15, 0.2) is 45.6 Å². The first-order valence-electron chi connectivity index (χ1n) is 5.57. The van der Waals surface area contributed by atoms with Gasteiger partial charge in [0.2, 0.25) is 5.88 Å². The van der Waals surface area contributed by atoms with Crippen LogP contribution in [-0.4, -0.2) is 15.1 Å². The molecule has 3 aromatic heterocycles. The van der Waals surface area contributed by atoms with Crippen LogP contribution in [0.1, 0.15) is 0 Å². The van der Waals surface area contributed by atoms with Crippen molar-refractivity contribution in [3.8, 4) is 22.6 Å². The lowest BCUT2D eigenvalue weighted by Crippen LogP contribution is -1.87. The highest BCUT2D eigenvalue weighted by molar-refractivity contribution is 5.84. The Morgan fingerprint density at radius 1 is 1.30 bits per heavy atom. The number of rotatable bonds is 3. The predicted molar refractivity (Wildman–Crippen MR) is 68.5 cm³/mol. The minimum atomic E-state index is -0.628. The van der Waals surface area contributed by atoms with Crippen LogP contribution in [0.4, 0.5) is 11.8 Å². The molecule has 8 nitrogen and oxygen atoms in total. The van der Waals surface area contributed by atoms with Gasteiger partial charge in [-0.2, -0.15) is 0 Å². The first-order chi connectivity index (χ1) is 9.66. The van der Waals surface area contributed by atoms with E-state index in [1.165, 1.54) is 12.1 Å². The summed E-state index contributed by atoms with van der Waals surface area (Å²) in [5, 5.41) is 14.4. The molecule has 0 fully saturated rings. The molecule has 0 atom stereocenters. The molecule has 0 aromatic carbocycles. The van der Waals surface area contributed by atoms with E-state index < -0.39 is 4.92 Å². The monoisotopic (exact) mass is 272 g/mol. The normalized spacial score (nSPS) is 10.6. The fourth-order valence-electron chi connectivity index (χ4n) is 1.81. The molecular formula is C12H8N4O4. The Bertz CT molecular complexity index is 763. The number of aromatic nitrogens is 2. The molecule has 0 spiro atoms. The van der Waals surface area contributed by atoms with Gasteiger partial charge in [-0.3, -0.25) is 15.1 Å². The number of hydrogen-bond acceptors (Lipinski definition) is 7. The minimum Gasteiger partial charge on any atom is -0.399 e. The van der Waals surface area contributed by atoms with E-state index in [0.29, 0.717) is 16.8 Å². The highest BCUT2D eigenvalue weighted by Gasteiger charge is 2.22. The van der Waals surface area contributed by atoms with Crippen LogP contribution in [0, 0.1) is 10.1 Å². The average molecular weight is 272 g/mol. The predicted octanol–water partition coefficient (Wildman–Crippen LogP) is 2.49. The maximum Gasteiger partial charge on any atom is 0.433 e. The highest BCUT2D eigenvalue weighted by Crippen LogP contribution is 2.37. The topological polar surface area (TPSA) is 121 Å². The first kappa shape index (κ1) is 11.9. The van der Waals surface area contributed by atoms with Crippen molar-refractivity contribution in [1.29, 1.82) is 0 Å². The van der Waals surface area contributed by atoms with Crippen LogP contribution in [0.2, 0.25) is 0 Å². The largest absolute Gasteiger partial charge is 0.433 e. The van der Waals surface area contributed by atoms with Crippen LogP contribution in [0.25, 0.3) is 22.6 Å². The molecule has 0 amide bonds. The molecule has 0 aliphatic carbocycles. The molecule has 0 unspecified atom stereocenters. The lowest BCUT2D eigenvalue weighted by molar-refractivity contribution is -0.401. The van der Waals surface area contributed by atoms with E-state index in [9.17, 15) is 10.1 Å². The molecule has 0 saturated carbocycles. The summed E-state index contributed by atoms with van der Waals surface area (Å²) in [6.45, 7) is 0. The van der Waals surface area contributed by atoms with Crippen molar-refractivity contribution >= 4 is 11.8 Å². The number of hydrogen-bond donors (Lipinski definition) is 1. The fourth-order valence-corrected chi connectivity index (χ4v) is 1.81. The zero-order valence-corrected chi connectivity index (χ0v) is 10.0. The number of anilines is 1. The number of nitrogens with zero attached hydrogens (tertiary/aromatic N) is 3. The van der Waals surface area contributed by atoms with Crippen molar-refractivity contribution in [2.75, 3.05) is 5.73 Å². The maximum atomic E-state index is 10.6. The molecule has 3 aromatic rings. The molecule has 0 aliphatic heterocycles. The zero-order valence-electron chi connectivity index (χ0n) is 10.0. The second kappa shape index (κ2) is 4.50. The third kappa shape index (κ3) is 1.88. The summed E-state index contributed by atoms with van der Waals surface area (Å²) < 4.78 is 10.1. The molecule has 0 aliphatic rings. The number of nitrogen functional groups attached to an aromatic ring is 1. The number of pyridine rings is 1. The van der Waals surface area contributed by atoms with Crippen molar-refractivity contribution in [3.63, 3.8) is 0 Å². The first-order valence-corrected chi connectivity index (χ1v) is 5.57. The molecule has 8 heteroatoms. The maximum absolute atomic E-state index is 10.6. The van der Waals surface area contributed by atoms with E-state index in [1.54, 1.807) is 24.5 Å². The van der Waals surface area contributed by atoms with Gasteiger partial charge in [-0.1, -0.05) is 11.2 Å². The van der Waals surface area contributed by atoms with E-state index >= 15 is 0 Å². The van der Waals surface area contributed by atoms with Crippen molar-refractivity contribution in [2.24, 2.45) is 0 Å². The molecule has 20 heavy (non-hydrogen) atoms. The van der Waals surface area contributed by atoms with Crippen molar-refractivity contribution in [1.82, 2.24) is 10.1 Å². The van der Waals surface area contributed by atoms with Crippen molar-refractivity contribution in [3.05, 3.63) is 46.8 Å². The average Bonchev–Trinajstić information content (AvgIpc) is 3.06. The fraction of sp³-hybridized carbons (Fsp3) is 0. The van der Waals surface area contributed by atoms with Crippen molar-refractivity contribution in [2.45, 2.75) is 0 Å². The Morgan fingerprint density at radius 2 is 2.15 bits per heavy atom. The number of nitrogens with two attached hydrogens (primary N) is 1. The minimum absolute atomic E-state index is 0.0899. The Kier molecular flexibility index (Phi) is 2.68. The van der Waals surface area contributed by atoms with Gasteiger partial charge in [0.1, 0.15) is 4.92 Å². The van der Waals surface area contributed by atoms with Gasteiger partial charge in [-0.15, -0.1) is 0 Å². The van der Waals surface area contributed by atoms with Crippen LogP contribution in [0.3, 0.4) is 0 Å². The van der Waals surface area contributed by atoms with E-state index in [0.717, 1.165) is 0 Å². The lowest BCUT2D eigenvalue weighted by atomic mass is 10.1. The molecule has 3 heterocycles. The quantitative estimate of drug-likeness (QED) is 0.574. The van der Waals surface area contributed by atoms with Gasteiger partial charge in [0.15, 0.2) is 11.5 Å². The lowest BCUT2D eigenvalue weighted by Gasteiger charge is -1.99. The number of nitro groups is 1. The van der Waals surface area contributed by atoms with Gasteiger partial charge in [0.25, 0.3) is 0 Å². The van der Waals surface area contributed by atoms with Gasteiger partial charge in [0.05, 0.1) is 11.6 Å². The van der Waals surface area contributed by atoms with Gasteiger partial charge in [-0.25, -0.2) is 0 Å². The second-order valence-corrected chi connectivity index (χ2v) is 3.91. The van der Waals surface area contributed by atoms with Gasteiger partial charge in [0, 0.05) is 18.0 Å². The second-order valence-electron chi connectivity index (χ2n) is 3.91. The summed E-state index contributed by atoms with van der Waals surface area (Å²) in [6.07, 6.45) is 3.20. The molecule has 0 bridgehead atoms. The van der Waals surface area contributed by atoms with E-state index in [1.807, 2.05) is 0 Å². The Balaban J connectivity index is 2.13. The highest BCUT2D eigenvalue weighted by atomic mass is 16.6. The molecule has 3 rings (SSSR count). The summed E-state index contributed by atoms with van der Waals surface area (Å²) in [5.74, 6) is -0.0817. The van der Waals surface area contributed by atoms with Gasteiger partial charge in [-0.05, 0) is 12.1 Å². The van der Waals surface area contributed by atoms with E-state index in [-0.39, 0.29) is 17.5 Å². The zero-order chi connectivity index (χ0) is 14.1. The third-order valence-corrected chi connectivity index (χ3v) is 2.67. The molecule has 0 radical (unpaired) electrons. The van der Waals surface area contributed by atoms with Gasteiger partial charge < -0.3 is 14.7 Å². The van der Waals surface area contributed by atoms with Crippen LogP contribution in [-0.2, 0) is 0 Å². The molecule has 2 N–H and O–H groups in total. The van der Waals surface area contributed by atoms with E-state index in [4.69, 9.17) is 14.7 Å².